The van der Waals surface area contributed by atoms with E-state index in [-0.39, 0.29) is 27.7 Å². The smallest absolute Gasteiger partial charge is 0.265 e. The molecule has 0 atom stereocenters. The third-order valence-corrected chi connectivity index (χ3v) is 6.54. The van der Waals surface area contributed by atoms with E-state index in [0.717, 1.165) is 17.7 Å². The molecule has 3 N–H and O–H groups in total. The number of halogens is 2. The van der Waals surface area contributed by atoms with Gasteiger partial charge in [-0.2, -0.15) is 0 Å². The van der Waals surface area contributed by atoms with Gasteiger partial charge in [0.05, 0.1) is 23.9 Å². The maximum absolute atomic E-state index is 15.4. The number of anilines is 2. The van der Waals surface area contributed by atoms with E-state index < -0.39 is 27.3 Å². The van der Waals surface area contributed by atoms with Gasteiger partial charge in [-0.1, -0.05) is 19.1 Å². The fourth-order valence-corrected chi connectivity index (χ4v) is 4.73. The number of hydrogen-bond acceptors (Lipinski definition) is 6. The topological polar surface area (TPSA) is 107 Å². The fraction of sp³-hybridized carbons (Fsp3) is 0.130. The van der Waals surface area contributed by atoms with Crippen LogP contribution < -0.4 is 15.2 Å². The van der Waals surface area contributed by atoms with Crippen molar-refractivity contribution >= 4 is 32.6 Å². The third kappa shape index (κ3) is 4.29. The summed E-state index contributed by atoms with van der Waals surface area (Å²) in [5, 5.41) is 0.521. The average Bonchev–Trinajstić information content (AvgIpc) is 2.80. The molecule has 0 bridgehead atoms. The molecule has 0 amide bonds. The molecule has 170 valence electrons. The van der Waals surface area contributed by atoms with Gasteiger partial charge >= 0.3 is 0 Å². The van der Waals surface area contributed by atoms with Crippen LogP contribution in [0.25, 0.3) is 22.0 Å². The Bertz CT molecular complexity index is 1480. The van der Waals surface area contributed by atoms with Gasteiger partial charge in [0.1, 0.15) is 16.5 Å². The van der Waals surface area contributed by atoms with E-state index in [9.17, 15) is 12.8 Å². The standard InChI is InChI=1S/C23H20F2N4O3S/c1-3-13-4-9-19(32-2)20(10-13)33(30,31)29-18-8-6-16(24)21(22(18)25)14-5-7-17-15(11-14)12-27-23(26)28-17/h4-12,29H,3H2,1-2H3,(H2,26,27,28). The molecule has 3 aromatic carbocycles. The maximum Gasteiger partial charge on any atom is 0.265 e. The summed E-state index contributed by atoms with van der Waals surface area (Å²) >= 11 is 0. The number of aromatic nitrogens is 2. The Morgan fingerprint density at radius 1 is 1.09 bits per heavy atom. The zero-order chi connectivity index (χ0) is 23.8. The molecule has 0 aliphatic heterocycles. The highest BCUT2D eigenvalue weighted by Crippen LogP contribution is 2.34. The van der Waals surface area contributed by atoms with Gasteiger partial charge in [0.2, 0.25) is 5.95 Å². The van der Waals surface area contributed by atoms with Crippen molar-refractivity contribution in [3.8, 4) is 16.9 Å². The number of nitrogens with one attached hydrogen (secondary N) is 1. The number of hydrogen-bond donors (Lipinski definition) is 2. The van der Waals surface area contributed by atoms with Crippen molar-refractivity contribution < 1.29 is 21.9 Å². The van der Waals surface area contributed by atoms with Crippen LogP contribution >= 0.6 is 0 Å². The predicted octanol–water partition coefficient (Wildman–Crippen LogP) is 4.53. The first-order valence-corrected chi connectivity index (χ1v) is 11.4. The van der Waals surface area contributed by atoms with Crippen LogP contribution in [0.5, 0.6) is 5.75 Å². The molecule has 1 heterocycles. The Morgan fingerprint density at radius 3 is 2.61 bits per heavy atom. The Hall–Kier alpha value is -3.79. The first-order valence-electron chi connectivity index (χ1n) is 9.94. The zero-order valence-electron chi connectivity index (χ0n) is 17.8. The lowest BCUT2D eigenvalue weighted by molar-refractivity contribution is 0.402. The van der Waals surface area contributed by atoms with Gasteiger partial charge < -0.3 is 10.5 Å². The minimum Gasteiger partial charge on any atom is -0.495 e. The lowest BCUT2D eigenvalue weighted by Gasteiger charge is -2.15. The molecule has 33 heavy (non-hydrogen) atoms. The fourth-order valence-electron chi connectivity index (χ4n) is 3.45. The molecule has 4 rings (SSSR count). The molecule has 0 unspecified atom stereocenters. The Morgan fingerprint density at radius 2 is 1.88 bits per heavy atom. The summed E-state index contributed by atoms with van der Waals surface area (Å²) in [5.41, 5.74) is 6.24. The van der Waals surface area contributed by atoms with E-state index in [1.54, 1.807) is 12.1 Å². The third-order valence-electron chi connectivity index (χ3n) is 5.15. The molecule has 0 fully saturated rings. The molecule has 10 heteroatoms. The summed E-state index contributed by atoms with van der Waals surface area (Å²) in [6, 6.07) is 11.3. The van der Waals surface area contributed by atoms with Crippen LogP contribution in [0.15, 0.2) is 59.6 Å². The summed E-state index contributed by atoms with van der Waals surface area (Å²) < 4.78 is 63.6. The number of fused-ring (bicyclic) bond motifs is 1. The van der Waals surface area contributed by atoms with Crippen molar-refractivity contribution in [3.05, 3.63) is 71.9 Å². The van der Waals surface area contributed by atoms with E-state index in [4.69, 9.17) is 10.5 Å². The second-order valence-electron chi connectivity index (χ2n) is 7.23. The number of nitrogens with zero attached hydrogens (tertiary/aromatic N) is 2. The van der Waals surface area contributed by atoms with Crippen molar-refractivity contribution in [2.24, 2.45) is 0 Å². The van der Waals surface area contributed by atoms with Crippen LogP contribution in [0.2, 0.25) is 0 Å². The molecule has 0 aliphatic rings. The Kier molecular flexibility index (Phi) is 5.86. The minimum absolute atomic E-state index is 0.0755. The van der Waals surface area contributed by atoms with E-state index in [1.165, 1.54) is 37.6 Å². The second kappa shape index (κ2) is 8.62. The Labute approximate surface area is 189 Å². The van der Waals surface area contributed by atoms with Crippen LogP contribution in [-0.2, 0) is 16.4 Å². The molecule has 0 spiro atoms. The monoisotopic (exact) mass is 470 g/mol. The molecule has 4 aromatic rings. The number of aryl methyl sites for hydroxylation is 1. The van der Waals surface area contributed by atoms with Crippen LogP contribution in [0.1, 0.15) is 12.5 Å². The first-order chi connectivity index (χ1) is 15.7. The van der Waals surface area contributed by atoms with E-state index >= 15 is 4.39 Å². The summed E-state index contributed by atoms with van der Waals surface area (Å²) in [5.74, 6) is -1.72. The highest BCUT2D eigenvalue weighted by Gasteiger charge is 2.24. The number of nitrogen functional groups attached to an aromatic ring is 1. The number of sulfonamides is 1. The lowest BCUT2D eigenvalue weighted by atomic mass is 10.0. The molecule has 0 saturated heterocycles. The number of nitrogens with two attached hydrogens (primary N) is 1. The van der Waals surface area contributed by atoms with Crippen LogP contribution in [0.4, 0.5) is 20.4 Å². The summed E-state index contributed by atoms with van der Waals surface area (Å²) in [7, 11) is -2.89. The summed E-state index contributed by atoms with van der Waals surface area (Å²) in [6.07, 6.45) is 2.04. The minimum atomic E-state index is -4.23. The molecular weight excluding hydrogens is 450 g/mol. The number of rotatable bonds is 6. The quantitative estimate of drug-likeness (QED) is 0.429. The Balaban J connectivity index is 1.79. The number of benzene rings is 3. The van der Waals surface area contributed by atoms with Crippen molar-refractivity contribution in [2.45, 2.75) is 18.2 Å². The van der Waals surface area contributed by atoms with Crippen molar-refractivity contribution in [2.75, 3.05) is 17.6 Å². The van der Waals surface area contributed by atoms with Gasteiger partial charge in [-0.05, 0) is 53.9 Å². The molecule has 0 saturated carbocycles. The number of ether oxygens (including phenoxy) is 1. The van der Waals surface area contributed by atoms with Crippen molar-refractivity contribution in [3.63, 3.8) is 0 Å². The van der Waals surface area contributed by atoms with Gasteiger partial charge in [-0.25, -0.2) is 27.2 Å². The maximum atomic E-state index is 15.4. The molecule has 7 nitrogen and oxygen atoms in total. The van der Waals surface area contributed by atoms with Crippen molar-refractivity contribution in [1.82, 2.24) is 9.97 Å². The van der Waals surface area contributed by atoms with E-state index in [1.807, 2.05) is 6.92 Å². The first kappa shape index (κ1) is 22.4. The van der Waals surface area contributed by atoms with Gasteiger partial charge in [0, 0.05) is 11.6 Å². The average molecular weight is 471 g/mol. The second-order valence-corrected chi connectivity index (χ2v) is 8.88. The van der Waals surface area contributed by atoms with Gasteiger partial charge in [0.15, 0.2) is 5.82 Å². The normalized spacial score (nSPS) is 11.5. The largest absolute Gasteiger partial charge is 0.495 e. The highest BCUT2D eigenvalue weighted by molar-refractivity contribution is 7.92. The SMILES string of the molecule is CCc1ccc(OC)c(S(=O)(=O)Nc2ccc(F)c(-c3ccc4nc(N)ncc4c3)c2F)c1. The zero-order valence-corrected chi connectivity index (χ0v) is 18.6. The van der Waals surface area contributed by atoms with E-state index in [0.29, 0.717) is 17.3 Å². The van der Waals surface area contributed by atoms with Gasteiger partial charge in [0.25, 0.3) is 10.0 Å². The van der Waals surface area contributed by atoms with E-state index in [2.05, 4.69) is 14.7 Å². The predicted molar refractivity (Wildman–Crippen MR) is 122 cm³/mol. The van der Waals surface area contributed by atoms with Gasteiger partial charge in [-0.3, -0.25) is 4.72 Å². The lowest BCUT2D eigenvalue weighted by Crippen LogP contribution is -2.16. The molecule has 0 aliphatic carbocycles. The number of methoxy groups -OCH3 is 1. The van der Waals surface area contributed by atoms with Crippen LogP contribution in [-0.4, -0.2) is 25.5 Å². The van der Waals surface area contributed by atoms with Crippen LogP contribution in [0, 0.1) is 11.6 Å². The molecule has 1 aromatic heterocycles. The highest BCUT2D eigenvalue weighted by atomic mass is 32.2. The van der Waals surface area contributed by atoms with Crippen LogP contribution in [0.3, 0.4) is 0 Å². The van der Waals surface area contributed by atoms with Crippen molar-refractivity contribution in [1.29, 1.82) is 0 Å². The summed E-state index contributed by atoms with van der Waals surface area (Å²) in [4.78, 5) is 7.81. The van der Waals surface area contributed by atoms with Gasteiger partial charge in [-0.15, -0.1) is 0 Å². The summed E-state index contributed by atoms with van der Waals surface area (Å²) in [6.45, 7) is 1.88. The molecule has 0 radical (unpaired) electrons. The molecular formula is C23H20F2N4O3S.